The van der Waals surface area contributed by atoms with Crippen LogP contribution in [-0.2, 0) is 11.3 Å². The highest BCUT2D eigenvalue weighted by Gasteiger charge is 2.13. The number of carbonyl (C=O) groups excluding carboxylic acids is 1. The number of thioether (sulfide) groups is 1. The van der Waals surface area contributed by atoms with Gasteiger partial charge in [-0.2, -0.15) is 5.10 Å². The van der Waals surface area contributed by atoms with Crippen LogP contribution in [0, 0.1) is 6.92 Å². The van der Waals surface area contributed by atoms with Crippen molar-refractivity contribution in [3.8, 4) is 0 Å². The highest BCUT2D eigenvalue weighted by molar-refractivity contribution is 7.99. The number of carbonyl (C=O) groups is 1. The Hall–Kier alpha value is -3.45. The lowest BCUT2D eigenvalue weighted by Crippen LogP contribution is -2.20. The molecule has 0 fully saturated rings. The van der Waals surface area contributed by atoms with Crippen LogP contribution in [0.4, 0.5) is 0 Å². The van der Waals surface area contributed by atoms with Gasteiger partial charge in [0.2, 0.25) is 0 Å². The lowest BCUT2D eigenvalue weighted by molar-refractivity contribution is -0.118. The van der Waals surface area contributed by atoms with Crippen molar-refractivity contribution < 1.29 is 4.79 Å². The molecule has 30 heavy (non-hydrogen) atoms. The van der Waals surface area contributed by atoms with E-state index in [-0.39, 0.29) is 11.7 Å². The first-order valence-corrected chi connectivity index (χ1v) is 10.5. The van der Waals surface area contributed by atoms with E-state index in [9.17, 15) is 4.79 Å². The molecule has 0 radical (unpaired) electrons. The number of para-hydroxylation sites is 2. The molecule has 7 heteroatoms. The van der Waals surface area contributed by atoms with Crippen LogP contribution >= 0.6 is 11.8 Å². The van der Waals surface area contributed by atoms with Gasteiger partial charge in [-0.05, 0) is 36.8 Å². The lowest BCUT2D eigenvalue weighted by atomic mass is 10.1. The van der Waals surface area contributed by atoms with Crippen LogP contribution in [0.15, 0.2) is 83.2 Å². The molecule has 0 bridgehead atoms. The zero-order chi connectivity index (χ0) is 20.8. The van der Waals surface area contributed by atoms with E-state index in [1.807, 2.05) is 36.4 Å². The maximum Gasteiger partial charge on any atom is 0.250 e. The predicted octanol–water partition coefficient (Wildman–Crippen LogP) is 4.03. The van der Waals surface area contributed by atoms with Crippen molar-refractivity contribution in [2.24, 2.45) is 5.10 Å². The third-order valence-corrected chi connectivity index (χ3v) is 5.46. The Morgan fingerprint density at radius 2 is 1.90 bits per heavy atom. The Balaban J connectivity index is 1.46. The average Bonchev–Trinajstić information content (AvgIpc) is 3.12. The van der Waals surface area contributed by atoms with Gasteiger partial charge in [0.15, 0.2) is 5.16 Å². The first-order valence-electron chi connectivity index (χ1n) is 9.55. The monoisotopic (exact) mass is 415 g/mol. The van der Waals surface area contributed by atoms with Crippen molar-refractivity contribution in [2.75, 3.05) is 5.75 Å². The topological polar surface area (TPSA) is 72.2 Å². The number of amides is 1. The zero-order valence-electron chi connectivity index (χ0n) is 16.5. The second-order valence-electron chi connectivity index (χ2n) is 6.79. The molecule has 1 N–H and O–H groups in total. The molecule has 0 aliphatic carbocycles. The summed E-state index contributed by atoms with van der Waals surface area (Å²) in [5.74, 6) is 0.0256. The zero-order valence-corrected chi connectivity index (χ0v) is 17.3. The third-order valence-electron chi connectivity index (χ3n) is 4.49. The number of hydrogen-bond acceptors (Lipinski definition) is 5. The molecule has 4 rings (SSSR count). The summed E-state index contributed by atoms with van der Waals surface area (Å²) < 4.78 is 2.15. The van der Waals surface area contributed by atoms with Gasteiger partial charge in [-0.1, -0.05) is 59.8 Å². The second kappa shape index (κ2) is 9.37. The maximum atomic E-state index is 12.2. The van der Waals surface area contributed by atoms with Crippen molar-refractivity contribution in [1.82, 2.24) is 20.0 Å². The molecular formula is C23H21N5OS. The summed E-state index contributed by atoms with van der Waals surface area (Å²) in [6.07, 6.45) is 3.20. The molecule has 0 unspecified atom stereocenters. The minimum atomic E-state index is -0.193. The van der Waals surface area contributed by atoms with Crippen molar-refractivity contribution in [3.63, 3.8) is 0 Å². The van der Waals surface area contributed by atoms with Crippen LogP contribution in [0.1, 0.15) is 16.8 Å². The second-order valence-corrected chi connectivity index (χ2v) is 7.73. The molecule has 4 aromatic rings. The number of rotatable bonds is 7. The van der Waals surface area contributed by atoms with E-state index in [1.54, 1.807) is 6.20 Å². The number of nitrogens with one attached hydrogen (secondary N) is 1. The van der Waals surface area contributed by atoms with Gasteiger partial charge in [0, 0.05) is 6.20 Å². The van der Waals surface area contributed by atoms with Crippen molar-refractivity contribution in [3.05, 3.63) is 89.7 Å². The van der Waals surface area contributed by atoms with Gasteiger partial charge in [-0.3, -0.25) is 9.78 Å². The minimum Gasteiger partial charge on any atom is -0.314 e. The number of hydrogen-bond donors (Lipinski definition) is 1. The van der Waals surface area contributed by atoms with Crippen molar-refractivity contribution in [2.45, 2.75) is 18.6 Å². The molecule has 2 aromatic carbocycles. The number of nitrogens with zero attached hydrogens (tertiary/aromatic N) is 4. The van der Waals surface area contributed by atoms with E-state index in [0.29, 0.717) is 12.2 Å². The lowest BCUT2D eigenvalue weighted by Gasteiger charge is -2.09. The van der Waals surface area contributed by atoms with Crippen LogP contribution in [0.2, 0.25) is 0 Å². The quantitative estimate of drug-likeness (QED) is 0.281. The first kappa shape index (κ1) is 19.8. The smallest absolute Gasteiger partial charge is 0.250 e. The number of hydrazone groups is 1. The summed E-state index contributed by atoms with van der Waals surface area (Å²) in [6.45, 7) is 2.77. The normalized spacial score (nSPS) is 11.2. The largest absolute Gasteiger partial charge is 0.314 e. The Labute approximate surface area is 179 Å². The van der Waals surface area contributed by atoms with E-state index >= 15 is 0 Å². The molecule has 0 aliphatic rings. The van der Waals surface area contributed by atoms with E-state index < -0.39 is 0 Å². The van der Waals surface area contributed by atoms with Gasteiger partial charge in [-0.15, -0.1) is 0 Å². The van der Waals surface area contributed by atoms with Crippen LogP contribution < -0.4 is 5.43 Å². The van der Waals surface area contributed by atoms with Crippen LogP contribution in [0.3, 0.4) is 0 Å². The number of imidazole rings is 1. The Morgan fingerprint density at radius 1 is 1.10 bits per heavy atom. The SMILES string of the molecule is Cc1ccc(Cn2c(SCC(=O)N/N=C/c3ccccn3)nc3ccccc32)cc1. The average molecular weight is 416 g/mol. The Bertz CT molecular complexity index is 1170. The number of benzene rings is 2. The summed E-state index contributed by atoms with van der Waals surface area (Å²) in [5, 5.41) is 4.77. The Morgan fingerprint density at radius 3 is 2.70 bits per heavy atom. The van der Waals surface area contributed by atoms with Crippen LogP contribution in [0.25, 0.3) is 11.0 Å². The van der Waals surface area contributed by atoms with Gasteiger partial charge in [0.25, 0.3) is 5.91 Å². The molecule has 2 aromatic heterocycles. The van der Waals surface area contributed by atoms with Gasteiger partial charge in [0.1, 0.15) is 0 Å². The van der Waals surface area contributed by atoms with Crippen molar-refractivity contribution in [1.29, 1.82) is 0 Å². The first-order chi connectivity index (χ1) is 14.7. The van der Waals surface area contributed by atoms with Crippen molar-refractivity contribution >= 4 is 34.9 Å². The van der Waals surface area contributed by atoms with E-state index in [1.165, 1.54) is 29.1 Å². The Kier molecular flexibility index (Phi) is 6.20. The van der Waals surface area contributed by atoms with Crippen LogP contribution in [0.5, 0.6) is 0 Å². The van der Waals surface area contributed by atoms with Gasteiger partial charge in [0.05, 0.1) is 35.2 Å². The molecule has 0 saturated carbocycles. The molecule has 0 atom stereocenters. The predicted molar refractivity (Wildman–Crippen MR) is 121 cm³/mol. The molecule has 6 nitrogen and oxygen atoms in total. The molecule has 0 saturated heterocycles. The van der Waals surface area contributed by atoms with Gasteiger partial charge in [-0.25, -0.2) is 10.4 Å². The number of pyridine rings is 1. The summed E-state index contributed by atoms with van der Waals surface area (Å²) in [4.78, 5) is 21.1. The summed E-state index contributed by atoms with van der Waals surface area (Å²) >= 11 is 1.40. The van der Waals surface area contributed by atoms with Crippen LogP contribution in [-0.4, -0.2) is 32.4 Å². The fraction of sp³-hybridized carbons (Fsp3) is 0.130. The number of fused-ring (bicyclic) bond motifs is 1. The molecule has 0 spiro atoms. The standard InChI is InChI=1S/C23H21N5OS/c1-17-9-11-18(12-10-17)15-28-21-8-3-2-7-20(21)26-23(28)30-16-22(29)27-25-14-19-6-4-5-13-24-19/h2-14H,15-16H2,1H3,(H,27,29)/b25-14+. The molecule has 150 valence electrons. The molecule has 0 aliphatic heterocycles. The fourth-order valence-electron chi connectivity index (χ4n) is 2.98. The summed E-state index contributed by atoms with van der Waals surface area (Å²) in [5.41, 5.74) is 7.61. The highest BCUT2D eigenvalue weighted by Crippen LogP contribution is 2.25. The third kappa shape index (κ3) is 4.93. The van der Waals surface area contributed by atoms with E-state index in [2.05, 4.69) is 57.3 Å². The maximum absolute atomic E-state index is 12.2. The van der Waals surface area contributed by atoms with Gasteiger partial charge >= 0.3 is 0 Å². The van der Waals surface area contributed by atoms with Gasteiger partial charge < -0.3 is 4.57 Å². The number of aromatic nitrogens is 3. The molecule has 1 amide bonds. The summed E-state index contributed by atoms with van der Waals surface area (Å²) in [6, 6.07) is 22.0. The fourth-order valence-corrected chi connectivity index (χ4v) is 3.78. The summed E-state index contributed by atoms with van der Waals surface area (Å²) in [7, 11) is 0. The molecular weight excluding hydrogens is 394 g/mol. The number of aryl methyl sites for hydroxylation is 1. The van der Waals surface area contributed by atoms with E-state index in [4.69, 9.17) is 4.98 Å². The molecule has 2 heterocycles. The minimum absolute atomic E-state index is 0.193. The highest BCUT2D eigenvalue weighted by atomic mass is 32.2. The van der Waals surface area contributed by atoms with E-state index in [0.717, 1.165) is 16.2 Å².